The molecular weight excluding hydrogens is 250 g/mol. The Morgan fingerprint density at radius 2 is 2.15 bits per heavy atom. The van der Waals surface area contributed by atoms with Crippen molar-refractivity contribution in [3.63, 3.8) is 0 Å². The summed E-state index contributed by atoms with van der Waals surface area (Å²) < 4.78 is 0. The lowest BCUT2D eigenvalue weighted by Gasteiger charge is -2.30. The van der Waals surface area contributed by atoms with Crippen molar-refractivity contribution in [2.24, 2.45) is 5.92 Å². The number of rotatable bonds is 5. The van der Waals surface area contributed by atoms with Crippen LogP contribution in [0.15, 0.2) is 18.3 Å². The summed E-state index contributed by atoms with van der Waals surface area (Å²) in [5, 5.41) is 0. The van der Waals surface area contributed by atoms with Gasteiger partial charge in [0.2, 0.25) is 0 Å². The van der Waals surface area contributed by atoms with Crippen LogP contribution in [0.25, 0.3) is 0 Å². The molecule has 1 aliphatic rings. The maximum absolute atomic E-state index is 12.7. The van der Waals surface area contributed by atoms with Crippen molar-refractivity contribution in [3.05, 3.63) is 23.9 Å². The van der Waals surface area contributed by atoms with Gasteiger partial charge < -0.3 is 10.6 Å². The second-order valence-electron chi connectivity index (χ2n) is 6.09. The number of aromatic nitrogens is 1. The number of nitrogen functional groups attached to an aromatic ring is 1. The summed E-state index contributed by atoms with van der Waals surface area (Å²) >= 11 is 0. The van der Waals surface area contributed by atoms with Crippen molar-refractivity contribution in [1.82, 2.24) is 9.88 Å². The van der Waals surface area contributed by atoms with Gasteiger partial charge in [0.15, 0.2) is 0 Å². The van der Waals surface area contributed by atoms with Gasteiger partial charge in [0.1, 0.15) is 5.82 Å². The summed E-state index contributed by atoms with van der Waals surface area (Å²) in [7, 11) is 0. The standard InChI is InChI=1S/C16H25N3O/c1-12(2)8-10-19(14-5-3-4-6-14)16(20)13-7-9-18-15(17)11-13/h7,9,11-12,14H,3-6,8,10H2,1-2H3,(H2,17,18). The summed E-state index contributed by atoms with van der Waals surface area (Å²) in [5.41, 5.74) is 6.35. The van der Waals surface area contributed by atoms with Gasteiger partial charge in [0.05, 0.1) is 0 Å². The second kappa shape index (κ2) is 6.73. The van der Waals surface area contributed by atoms with E-state index in [1.54, 1.807) is 18.3 Å². The molecule has 0 saturated heterocycles. The van der Waals surface area contributed by atoms with Crippen LogP contribution in [-0.4, -0.2) is 28.4 Å². The number of anilines is 1. The Morgan fingerprint density at radius 1 is 1.45 bits per heavy atom. The number of carbonyl (C=O) groups excluding carboxylic acids is 1. The van der Waals surface area contributed by atoms with E-state index in [4.69, 9.17) is 5.73 Å². The first-order valence-electron chi connectivity index (χ1n) is 7.60. The van der Waals surface area contributed by atoms with Gasteiger partial charge in [-0.2, -0.15) is 0 Å². The predicted molar refractivity (Wildman–Crippen MR) is 81.4 cm³/mol. The lowest BCUT2D eigenvalue weighted by Crippen LogP contribution is -2.40. The summed E-state index contributed by atoms with van der Waals surface area (Å²) in [6, 6.07) is 3.84. The number of nitrogens with zero attached hydrogens (tertiary/aromatic N) is 2. The van der Waals surface area contributed by atoms with Crippen LogP contribution in [-0.2, 0) is 0 Å². The molecule has 1 aliphatic carbocycles. The van der Waals surface area contributed by atoms with E-state index in [0.717, 1.165) is 25.8 Å². The smallest absolute Gasteiger partial charge is 0.254 e. The number of hydrogen-bond acceptors (Lipinski definition) is 3. The molecule has 2 N–H and O–H groups in total. The fourth-order valence-corrected chi connectivity index (χ4v) is 2.81. The van der Waals surface area contributed by atoms with E-state index < -0.39 is 0 Å². The maximum Gasteiger partial charge on any atom is 0.254 e. The first-order chi connectivity index (χ1) is 9.58. The molecule has 1 aromatic rings. The van der Waals surface area contributed by atoms with Crippen molar-refractivity contribution in [2.75, 3.05) is 12.3 Å². The van der Waals surface area contributed by atoms with E-state index in [1.165, 1.54) is 12.8 Å². The van der Waals surface area contributed by atoms with Gasteiger partial charge in [-0.1, -0.05) is 26.7 Å². The van der Waals surface area contributed by atoms with Gasteiger partial charge >= 0.3 is 0 Å². The van der Waals surface area contributed by atoms with E-state index >= 15 is 0 Å². The first kappa shape index (κ1) is 14.8. The fraction of sp³-hybridized carbons (Fsp3) is 0.625. The van der Waals surface area contributed by atoms with Crippen LogP contribution >= 0.6 is 0 Å². The van der Waals surface area contributed by atoms with Crippen molar-refractivity contribution in [1.29, 1.82) is 0 Å². The SMILES string of the molecule is CC(C)CCN(C(=O)c1ccnc(N)c1)C1CCCC1. The average molecular weight is 275 g/mol. The van der Waals surface area contributed by atoms with Gasteiger partial charge in [-0.25, -0.2) is 4.98 Å². The maximum atomic E-state index is 12.7. The second-order valence-corrected chi connectivity index (χ2v) is 6.09. The van der Waals surface area contributed by atoms with Crippen molar-refractivity contribution in [3.8, 4) is 0 Å². The Labute approximate surface area is 121 Å². The minimum Gasteiger partial charge on any atom is -0.384 e. The normalized spacial score (nSPS) is 15.8. The van der Waals surface area contributed by atoms with Crippen LogP contribution in [0.2, 0.25) is 0 Å². The van der Waals surface area contributed by atoms with E-state index in [1.807, 2.05) is 0 Å². The molecule has 4 nitrogen and oxygen atoms in total. The molecule has 1 fully saturated rings. The van der Waals surface area contributed by atoms with E-state index in [2.05, 4.69) is 23.7 Å². The van der Waals surface area contributed by atoms with Crippen LogP contribution in [0.3, 0.4) is 0 Å². The fourth-order valence-electron chi connectivity index (χ4n) is 2.81. The quantitative estimate of drug-likeness (QED) is 0.898. The molecule has 0 atom stereocenters. The molecule has 4 heteroatoms. The molecule has 0 spiro atoms. The van der Waals surface area contributed by atoms with Crippen LogP contribution in [0.4, 0.5) is 5.82 Å². The third-order valence-electron chi connectivity index (χ3n) is 4.00. The number of nitrogens with two attached hydrogens (primary N) is 1. The molecule has 1 heterocycles. The third kappa shape index (κ3) is 3.71. The average Bonchev–Trinajstić information content (AvgIpc) is 2.92. The zero-order chi connectivity index (χ0) is 14.5. The minimum absolute atomic E-state index is 0.103. The lowest BCUT2D eigenvalue weighted by atomic mass is 10.1. The van der Waals surface area contributed by atoms with Crippen LogP contribution in [0.5, 0.6) is 0 Å². The molecule has 0 radical (unpaired) electrons. The summed E-state index contributed by atoms with van der Waals surface area (Å²) in [6.45, 7) is 5.23. The van der Waals surface area contributed by atoms with E-state index in [-0.39, 0.29) is 5.91 Å². The number of hydrogen-bond donors (Lipinski definition) is 1. The zero-order valence-corrected chi connectivity index (χ0v) is 12.5. The molecule has 1 aromatic heterocycles. The monoisotopic (exact) mass is 275 g/mol. The molecule has 1 saturated carbocycles. The van der Waals surface area contributed by atoms with Gasteiger partial charge in [0.25, 0.3) is 5.91 Å². The van der Waals surface area contributed by atoms with Gasteiger partial charge in [-0.05, 0) is 37.3 Å². The highest BCUT2D eigenvalue weighted by Gasteiger charge is 2.27. The zero-order valence-electron chi connectivity index (χ0n) is 12.5. The number of carbonyl (C=O) groups is 1. The van der Waals surface area contributed by atoms with Gasteiger partial charge in [-0.3, -0.25) is 4.79 Å². The van der Waals surface area contributed by atoms with Crippen LogP contribution < -0.4 is 5.73 Å². The third-order valence-corrected chi connectivity index (χ3v) is 4.00. The molecule has 0 aliphatic heterocycles. The Hall–Kier alpha value is -1.58. The topological polar surface area (TPSA) is 59.2 Å². The predicted octanol–water partition coefficient (Wildman–Crippen LogP) is 3.09. The molecule has 0 bridgehead atoms. The summed E-state index contributed by atoms with van der Waals surface area (Å²) in [6.07, 6.45) is 7.37. The minimum atomic E-state index is 0.103. The Morgan fingerprint density at radius 3 is 2.75 bits per heavy atom. The molecule has 20 heavy (non-hydrogen) atoms. The largest absolute Gasteiger partial charge is 0.384 e. The first-order valence-corrected chi connectivity index (χ1v) is 7.60. The van der Waals surface area contributed by atoms with Crippen molar-refractivity contribution >= 4 is 11.7 Å². The lowest BCUT2D eigenvalue weighted by molar-refractivity contribution is 0.0672. The van der Waals surface area contributed by atoms with Crippen LogP contribution in [0, 0.1) is 5.92 Å². The van der Waals surface area contributed by atoms with Crippen molar-refractivity contribution in [2.45, 2.75) is 52.0 Å². The molecule has 0 unspecified atom stereocenters. The van der Waals surface area contributed by atoms with Crippen LogP contribution in [0.1, 0.15) is 56.3 Å². The summed E-state index contributed by atoms with van der Waals surface area (Å²) in [5.74, 6) is 1.12. The Kier molecular flexibility index (Phi) is 4.99. The molecule has 0 aromatic carbocycles. The molecule has 1 amide bonds. The van der Waals surface area contributed by atoms with Crippen molar-refractivity contribution < 1.29 is 4.79 Å². The number of pyridine rings is 1. The number of amides is 1. The van der Waals surface area contributed by atoms with Gasteiger partial charge in [0, 0.05) is 24.3 Å². The summed E-state index contributed by atoms with van der Waals surface area (Å²) in [4.78, 5) is 18.8. The molecule has 110 valence electrons. The van der Waals surface area contributed by atoms with Gasteiger partial charge in [-0.15, -0.1) is 0 Å². The molecular formula is C16H25N3O. The molecule has 2 rings (SSSR count). The highest BCUT2D eigenvalue weighted by atomic mass is 16.2. The Bertz CT molecular complexity index is 453. The highest BCUT2D eigenvalue weighted by molar-refractivity contribution is 5.95. The highest BCUT2D eigenvalue weighted by Crippen LogP contribution is 2.25. The van der Waals surface area contributed by atoms with E-state index in [0.29, 0.717) is 23.3 Å². The van der Waals surface area contributed by atoms with E-state index in [9.17, 15) is 4.79 Å². The Balaban J connectivity index is 2.14.